The summed E-state index contributed by atoms with van der Waals surface area (Å²) < 4.78 is 28.1. The van der Waals surface area contributed by atoms with Crippen LogP contribution in [0.5, 0.6) is 0 Å². The molecule has 7 heteroatoms. The molecule has 0 spiro atoms. The molecule has 19 heavy (non-hydrogen) atoms. The summed E-state index contributed by atoms with van der Waals surface area (Å²) in [5.74, 6) is 0. The number of nitrogens with two attached hydrogens (primary N) is 1. The van der Waals surface area contributed by atoms with Crippen molar-refractivity contribution >= 4 is 15.7 Å². The van der Waals surface area contributed by atoms with E-state index in [9.17, 15) is 8.42 Å². The maximum Gasteiger partial charge on any atom is 0.259 e. The summed E-state index contributed by atoms with van der Waals surface area (Å²) in [5.41, 5.74) is 8.16. The highest BCUT2D eigenvalue weighted by atomic mass is 32.2. The fourth-order valence-corrected chi connectivity index (χ4v) is 2.65. The van der Waals surface area contributed by atoms with E-state index in [4.69, 9.17) is 5.73 Å². The SMILES string of the molecule is Cc1c(N)cccc1CNS(=O)(=O)c1cn(C)cn1. The zero-order valence-electron chi connectivity index (χ0n) is 10.8. The number of imidazole rings is 1. The van der Waals surface area contributed by atoms with Crippen molar-refractivity contribution in [2.24, 2.45) is 7.05 Å². The molecule has 0 bridgehead atoms. The molecule has 1 heterocycles. The minimum Gasteiger partial charge on any atom is -0.399 e. The number of rotatable bonds is 4. The summed E-state index contributed by atoms with van der Waals surface area (Å²) in [5, 5.41) is 0.0107. The summed E-state index contributed by atoms with van der Waals surface area (Å²) in [7, 11) is -1.87. The zero-order chi connectivity index (χ0) is 14.0. The largest absolute Gasteiger partial charge is 0.399 e. The highest BCUT2D eigenvalue weighted by molar-refractivity contribution is 7.89. The second-order valence-electron chi connectivity index (χ2n) is 4.33. The molecule has 0 aliphatic carbocycles. The van der Waals surface area contributed by atoms with Crippen LogP contribution in [-0.4, -0.2) is 18.0 Å². The maximum atomic E-state index is 12.0. The van der Waals surface area contributed by atoms with Crippen molar-refractivity contribution < 1.29 is 8.42 Å². The lowest BCUT2D eigenvalue weighted by molar-refractivity contribution is 0.578. The van der Waals surface area contributed by atoms with E-state index in [2.05, 4.69) is 9.71 Å². The molecule has 0 unspecified atom stereocenters. The number of hydrogen-bond acceptors (Lipinski definition) is 4. The maximum absolute atomic E-state index is 12.0. The van der Waals surface area contributed by atoms with Crippen molar-refractivity contribution in [2.45, 2.75) is 18.5 Å². The van der Waals surface area contributed by atoms with Gasteiger partial charge in [0, 0.05) is 25.5 Å². The van der Waals surface area contributed by atoms with Crippen LogP contribution in [0.4, 0.5) is 5.69 Å². The van der Waals surface area contributed by atoms with Crippen LogP contribution in [0.1, 0.15) is 11.1 Å². The molecule has 2 rings (SSSR count). The van der Waals surface area contributed by atoms with E-state index in [1.165, 1.54) is 12.5 Å². The first kappa shape index (κ1) is 13.6. The molecule has 1 aromatic carbocycles. The molecular weight excluding hydrogens is 264 g/mol. The van der Waals surface area contributed by atoms with Gasteiger partial charge in [-0.25, -0.2) is 18.1 Å². The smallest absolute Gasteiger partial charge is 0.259 e. The van der Waals surface area contributed by atoms with Crippen molar-refractivity contribution in [1.82, 2.24) is 14.3 Å². The van der Waals surface area contributed by atoms with Crippen LogP contribution in [0, 0.1) is 6.92 Å². The van der Waals surface area contributed by atoms with Crippen molar-refractivity contribution in [2.75, 3.05) is 5.73 Å². The van der Waals surface area contributed by atoms with Gasteiger partial charge in [-0.05, 0) is 24.1 Å². The number of sulfonamides is 1. The van der Waals surface area contributed by atoms with Crippen LogP contribution in [0.15, 0.2) is 35.7 Å². The second-order valence-corrected chi connectivity index (χ2v) is 6.05. The van der Waals surface area contributed by atoms with Crippen LogP contribution in [0.3, 0.4) is 0 Å². The lowest BCUT2D eigenvalue weighted by Gasteiger charge is -2.09. The Morgan fingerprint density at radius 2 is 2.16 bits per heavy atom. The average Bonchev–Trinajstić information content (AvgIpc) is 2.79. The van der Waals surface area contributed by atoms with E-state index in [1.807, 2.05) is 13.0 Å². The molecule has 0 atom stereocenters. The summed E-state index contributed by atoms with van der Waals surface area (Å²) in [6.45, 7) is 2.05. The molecule has 102 valence electrons. The topological polar surface area (TPSA) is 90.0 Å². The van der Waals surface area contributed by atoms with Crippen LogP contribution in [0.2, 0.25) is 0 Å². The first-order valence-corrected chi connectivity index (χ1v) is 7.20. The van der Waals surface area contributed by atoms with Crippen LogP contribution in [0.25, 0.3) is 0 Å². The van der Waals surface area contributed by atoms with E-state index in [0.29, 0.717) is 5.69 Å². The number of aromatic nitrogens is 2. The average molecular weight is 280 g/mol. The third-order valence-electron chi connectivity index (χ3n) is 2.90. The normalized spacial score (nSPS) is 11.7. The van der Waals surface area contributed by atoms with Crippen molar-refractivity contribution in [3.05, 3.63) is 41.9 Å². The first-order valence-electron chi connectivity index (χ1n) is 5.72. The van der Waals surface area contributed by atoms with E-state index >= 15 is 0 Å². The first-order chi connectivity index (χ1) is 8.90. The van der Waals surface area contributed by atoms with Crippen molar-refractivity contribution in [1.29, 1.82) is 0 Å². The Kier molecular flexibility index (Phi) is 3.59. The number of nitrogens with zero attached hydrogens (tertiary/aromatic N) is 2. The summed E-state index contributed by atoms with van der Waals surface area (Å²) >= 11 is 0. The van der Waals surface area contributed by atoms with E-state index in [1.54, 1.807) is 23.7 Å². The fraction of sp³-hybridized carbons (Fsp3) is 0.250. The molecule has 0 saturated carbocycles. The number of anilines is 1. The Morgan fingerprint density at radius 1 is 1.42 bits per heavy atom. The molecule has 0 saturated heterocycles. The number of aryl methyl sites for hydroxylation is 1. The fourth-order valence-electron chi connectivity index (χ4n) is 1.67. The molecule has 6 nitrogen and oxygen atoms in total. The van der Waals surface area contributed by atoms with E-state index in [-0.39, 0.29) is 11.6 Å². The van der Waals surface area contributed by atoms with E-state index in [0.717, 1.165) is 11.1 Å². The third kappa shape index (κ3) is 2.94. The molecule has 0 radical (unpaired) electrons. The zero-order valence-corrected chi connectivity index (χ0v) is 11.6. The summed E-state index contributed by atoms with van der Waals surface area (Å²) in [4.78, 5) is 3.83. The molecule has 3 N–H and O–H groups in total. The van der Waals surface area contributed by atoms with Gasteiger partial charge in [-0.3, -0.25) is 0 Å². The molecule has 0 amide bonds. The van der Waals surface area contributed by atoms with Gasteiger partial charge >= 0.3 is 0 Å². The second kappa shape index (κ2) is 5.02. The highest BCUT2D eigenvalue weighted by Gasteiger charge is 2.16. The minimum absolute atomic E-state index is 0.0107. The number of hydrogen-bond donors (Lipinski definition) is 2. The number of benzene rings is 1. The lowest BCUT2D eigenvalue weighted by Crippen LogP contribution is -2.24. The van der Waals surface area contributed by atoms with E-state index < -0.39 is 10.0 Å². The molecule has 0 aliphatic heterocycles. The van der Waals surface area contributed by atoms with Crippen LogP contribution >= 0.6 is 0 Å². The van der Waals surface area contributed by atoms with Gasteiger partial charge in [-0.2, -0.15) is 0 Å². The third-order valence-corrected chi connectivity index (χ3v) is 4.18. The number of nitrogens with one attached hydrogen (secondary N) is 1. The van der Waals surface area contributed by atoms with Crippen LogP contribution in [-0.2, 0) is 23.6 Å². The van der Waals surface area contributed by atoms with Gasteiger partial charge in [-0.15, -0.1) is 0 Å². The molecule has 0 fully saturated rings. The highest BCUT2D eigenvalue weighted by Crippen LogP contribution is 2.16. The summed E-state index contributed by atoms with van der Waals surface area (Å²) in [6.07, 6.45) is 2.90. The van der Waals surface area contributed by atoms with Crippen molar-refractivity contribution in [3.63, 3.8) is 0 Å². The lowest BCUT2D eigenvalue weighted by atomic mass is 10.1. The molecule has 2 aromatic rings. The van der Waals surface area contributed by atoms with Gasteiger partial charge < -0.3 is 10.3 Å². The predicted molar refractivity (Wildman–Crippen MR) is 72.8 cm³/mol. The van der Waals surface area contributed by atoms with Gasteiger partial charge in [0.15, 0.2) is 5.03 Å². The Labute approximate surface area is 112 Å². The Bertz CT molecular complexity index is 692. The Balaban J connectivity index is 2.16. The van der Waals surface area contributed by atoms with Crippen LogP contribution < -0.4 is 10.5 Å². The minimum atomic E-state index is -3.59. The monoisotopic (exact) mass is 280 g/mol. The molecule has 0 aliphatic rings. The Hall–Kier alpha value is -1.86. The van der Waals surface area contributed by atoms with Gasteiger partial charge in [0.2, 0.25) is 0 Å². The quantitative estimate of drug-likeness (QED) is 0.810. The molecule has 1 aromatic heterocycles. The van der Waals surface area contributed by atoms with Gasteiger partial charge in [0.25, 0.3) is 10.0 Å². The molecular formula is C12H16N4O2S. The number of nitrogen functional groups attached to an aromatic ring is 1. The Morgan fingerprint density at radius 3 is 2.79 bits per heavy atom. The standard InChI is InChI=1S/C12H16N4O2S/c1-9-10(4-3-5-11(9)13)6-15-19(17,18)12-7-16(2)8-14-12/h3-5,7-8,15H,6,13H2,1-2H3. The van der Waals surface area contributed by atoms with Gasteiger partial charge in [0.1, 0.15) is 0 Å². The van der Waals surface area contributed by atoms with Gasteiger partial charge in [-0.1, -0.05) is 12.1 Å². The van der Waals surface area contributed by atoms with Gasteiger partial charge in [0.05, 0.1) is 6.33 Å². The van der Waals surface area contributed by atoms with Crippen molar-refractivity contribution in [3.8, 4) is 0 Å². The predicted octanol–water partition coefficient (Wildman–Crippen LogP) is 0.789. The summed E-state index contributed by atoms with van der Waals surface area (Å²) in [6, 6.07) is 5.42.